The van der Waals surface area contributed by atoms with Gasteiger partial charge < -0.3 is 40.3 Å². The number of imidazole rings is 2. The molecule has 2 aromatic heterocycles. The summed E-state index contributed by atoms with van der Waals surface area (Å²) in [6.07, 6.45) is 6.71. The van der Waals surface area contributed by atoms with Crippen molar-refractivity contribution in [3.8, 4) is 33.6 Å². The molecule has 0 bridgehead atoms. The van der Waals surface area contributed by atoms with Gasteiger partial charge in [0, 0.05) is 29.8 Å². The second kappa shape index (κ2) is 16.8. The van der Waals surface area contributed by atoms with Crippen LogP contribution in [0, 0.1) is 11.8 Å². The Morgan fingerprint density at radius 1 is 0.789 bits per heavy atom. The summed E-state index contributed by atoms with van der Waals surface area (Å²) in [5, 5.41) is 8.58. The molecule has 0 unspecified atom stereocenters. The maximum absolute atomic E-state index is 13.6. The van der Waals surface area contributed by atoms with Gasteiger partial charge in [-0.1, -0.05) is 76.6 Å². The molecule has 14 nitrogen and oxygen atoms in total. The number of amides is 4. The molecule has 57 heavy (non-hydrogen) atoms. The van der Waals surface area contributed by atoms with E-state index in [4.69, 9.17) is 19.4 Å². The van der Waals surface area contributed by atoms with Crippen molar-refractivity contribution in [3.63, 3.8) is 0 Å². The fourth-order valence-electron chi connectivity index (χ4n) is 8.62. The Morgan fingerprint density at radius 2 is 1.47 bits per heavy atom. The summed E-state index contributed by atoms with van der Waals surface area (Å²) in [6.45, 7) is 8.21. The van der Waals surface area contributed by atoms with Crippen molar-refractivity contribution < 1.29 is 28.7 Å². The SMILES string of the molecule is COC(=O)N[C@H](C(=O)N[C@H]1CCC[C@H]1c1nc2c([nH]1)CCc1cc(-c3ccc(-c4cnc([C@@H]5CCCN5C(=O)[C@@H](NC(=O)OC)C(C)C)[nH]4)cc3)ccc1-2)C(C)C. The van der Waals surface area contributed by atoms with Crippen molar-refractivity contribution in [1.82, 2.24) is 40.8 Å². The summed E-state index contributed by atoms with van der Waals surface area (Å²) < 4.78 is 9.51. The molecule has 5 atom stereocenters. The van der Waals surface area contributed by atoms with Crippen molar-refractivity contribution in [2.75, 3.05) is 20.8 Å². The van der Waals surface area contributed by atoms with E-state index < -0.39 is 24.3 Å². The molecule has 0 spiro atoms. The number of nitrogens with one attached hydrogen (secondary N) is 5. The van der Waals surface area contributed by atoms with Gasteiger partial charge in [0.25, 0.3) is 0 Å². The van der Waals surface area contributed by atoms with Crippen LogP contribution in [0.5, 0.6) is 0 Å². The maximum atomic E-state index is 13.6. The number of H-pyrrole nitrogens is 2. The lowest BCUT2D eigenvalue weighted by Crippen LogP contribution is -2.52. The third-order valence-corrected chi connectivity index (χ3v) is 11.8. The van der Waals surface area contributed by atoms with E-state index in [1.165, 1.54) is 19.8 Å². The Bertz CT molecular complexity index is 2110. The Hall–Kier alpha value is -5.66. The molecule has 7 rings (SSSR count). The number of carbonyl (C=O) groups is 4. The van der Waals surface area contributed by atoms with E-state index in [2.05, 4.69) is 68.4 Å². The van der Waals surface area contributed by atoms with Crippen molar-refractivity contribution in [2.24, 2.45) is 11.8 Å². The Balaban J connectivity index is 1.03. The highest BCUT2D eigenvalue weighted by Gasteiger charge is 2.38. The molecular formula is C43H54N8O6. The van der Waals surface area contributed by atoms with E-state index in [9.17, 15) is 19.2 Å². The zero-order chi connectivity index (χ0) is 40.4. The minimum Gasteiger partial charge on any atom is -0.453 e. The number of hydrogen-bond acceptors (Lipinski definition) is 8. The summed E-state index contributed by atoms with van der Waals surface area (Å²) in [5.74, 6) is 1.16. The highest BCUT2D eigenvalue weighted by molar-refractivity contribution is 5.87. The number of rotatable bonds is 11. The number of alkyl carbamates (subject to hydrolysis) is 2. The van der Waals surface area contributed by atoms with E-state index in [-0.39, 0.29) is 41.7 Å². The van der Waals surface area contributed by atoms with Gasteiger partial charge in [-0.05, 0) is 72.6 Å². The van der Waals surface area contributed by atoms with Crippen molar-refractivity contribution in [3.05, 3.63) is 71.6 Å². The minimum absolute atomic E-state index is 0.0600. The molecule has 1 aliphatic heterocycles. The highest BCUT2D eigenvalue weighted by atomic mass is 16.5. The van der Waals surface area contributed by atoms with Gasteiger partial charge in [0.05, 0.1) is 37.8 Å². The van der Waals surface area contributed by atoms with Gasteiger partial charge >= 0.3 is 12.2 Å². The Kier molecular flexibility index (Phi) is 11.7. The van der Waals surface area contributed by atoms with Crippen molar-refractivity contribution >= 4 is 24.0 Å². The molecular weight excluding hydrogens is 725 g/mol. The van der Waals surface area contributed by atoms with Gasteiger partial charge in [-0.15, -0.1) is 0 Å². The molecule has 2 aromatic carbocycles. The van der Waals surface area contributed by atoms with Gasteiger partial charge in [0.15, 0.2) is 0 Å². The molecule has 302 valence electrons. The summed E-state index contributed by atoms with van der Waals surface area (Å²) in [5.41, 5.74) is 8.59. The molecule has 1 saturated carbocycles. The molecule has 1 saturated heterocycles. The third-order valence-electron chi connectivity index (χ3n) is 11.8. The number of nitrogens with zero attached hydrogens (tertiary/aromatic N) is 3. The van der Waals surface area contributed by atoms with Gasteiger partial charge in [0.1, 0.15) is 23.7 Å². The highest BCUT2D eigenvalue weighted by Crippen LogP contribution is 2.40. The van der Waals surface area contributed by atoms with E-state index in [0.717, 1.165) is 95.9 Å². The lowest BCUT2D eigenvalue weighted by Gasteiger charge is -2.30. The minimum atomic E-state index is -0.686. The van der Waals surface area contributed by atoms with E-state index in [1.807, 2.05) is 38.8 Å². The molecule has 2 fully saturated rings. The number of ether oxygens (including phenoxy) is 2. The first kappa shape index (κ1) is 39.6. The average Bonchev–Trinajstić information content (AvgIpc) is 4.04. The third kappa shape index (κ3) is 8.26. The summed E-state index contributed by atoms with van der Waals surface area (Å²) in [6, 6.07) is 13.3. The van der Waals surface area contributed by atoms with Crippen LogP contribution in [0.15, 0.2) is 48.7 Å². The second-order valence-electron chi connectivity index (χ2n) is 16.1. The molecule has 5 N–H and O–H groups in total. The van der Waals surface area contributed by atoms with Crippen molar-refractivity contribution in [1.29, 1.82) is 0 Å². The first-order valence-corrected chi connectivity index (χ1v) is 20.1. The second-order valence-corrected chi connectivity index (χ2v) is 16.1. The fraction of sp³-hybridized carbons (Fsp3) is 0.488. The van der Waals surface area contributed by atoms with Crippen LogP contribution in [0.2, 0.25) is 0 Å². The number of aromatic nitrogens is 4. The Labute approximate surface area is 333 Å². The van der Waals surface area contributed by atoms with Gasteiger partial charge in [-0.25, -0.2) is 19.6 Å². The number of hydrogen-bond donors (Lipinski definition) is 5. The average molecular weight is 779 g/mol. The molecule has 4 aromatic rings. The number of methoxy groups -OCH3 is 2. The fourth-order valence-corrected chi connectivity index (χ4v) is 8.62. The predicted octanol–water partition coefficient (Wildman–Crippen LogP) is 6.41. The summed E-state index contributed by atoms with van der Waals surface area (Å²) in [7, 11) is 2.59. The molecule has 4 amide bonds. The van der Waals surface area contributed by atoms with Crippen LogP contribution in [-0.2, 0) is 31.9 Å². The lowest BCUT2D eigenvalue weighted by atomic mass is 9.89. The van der Waals surface area contributed by atoms with E-state index >= 15 is 0 Å². The first-order chi connectivity index (χ1) is 27.4. The smallest absolute Gasteiger partial charge is 0.407 e. The lowest BCUT2D eigenvalue weighted by molar-refractivity contribution is -0.135. The number of fused-ring (bicyclic) bond motifs is 3. The quantitative estimate of drug-likeness (QED) is 0.116. The van der Waals surface area contributed by atoms with Crippen LogP contribution in [0.25, 0.3) is 33.6 Å². The molecule has 3 aliphatic rings. The largest absolute Gasteiger partial charge is 0.453 e. The van der Waals surface area contributed by atoms with Crippen LogP contribution in [0.3, 0.4) is 0 Å². The summed E-state index contributed by atoms with van der Waals surface area (Å²) in [4.78, 5) is 69.5. The van der Waals surface area contributed by atoms with Crippen LogP contribution in [0.1, 0.15) is 94.7 Å². The number of aromatic amines is 2. The Morgan fingerprint density at radius 3 is 2.18 bits per heavy atom. The number of carbonyl (C=O) groups excluding carboxylic acids is 4. The summed E-state index contributed by atoms with van der Waals surface area (Å²) >= 11 is 0. The molecule has 2 aliphatic carbocycles. The topological polar surface area (TPSA) is 183 Å². The molecule has 0 radical (unpaired) electrons. The normalized spacial score (nSPS) is 19.8. The molecule has 3 heterocycles. The van der Waals surface area contributed by atoms with Crippen LogP contribution >= 0.6 is 0 Å². The van der Waals surface area contributed by atoms with Crippen LogP contribution in [0.4, 0.5) is 9.59 Å². The number of aryl methyl sites for hydroxylation is 2. The zero-order valence-corrected chi connectivity index (χ0v) is 33.6. The van der Waals surface area contributed by atoms with Crippen molar-refractivity contribution in [2.45, 2.75) is 103 Å². The van der Waals surface area contributed by atoms with Crippen LogP contribution in [-0.4, -0.2) is 87.7 Å². The predicted molar refractivity (Wildman–Crippen MR) is 215 cm³/mol. The van der Waals surface area contributed by atoms with E-state index in [1.54, 1.807) is 0 Å². The zero-order valence-electron chi connectivity index (χ0n) is 33.6. The first-order valence-electron chi connectivity index (χ1n) is 20.1. The molecule has 14 heteroatoms. The number of benzene rings is 2. The van der Waals surface area contributed by atoms with Gasteiger partial charge in [0.2, 0.25) is 11.8 Å². The maximum Gasteiger partial charge on any atom is 0.407 e. The van der Waals surface area contributed by atoms with Gasteiger partial charge in [-0.3, -0.25) is 9.59 Å². The number of likely N-dealkylation sites (tertiary alicyclic amines) is 1. The van der Waals surface area contributed by atoms with Crippen LogP contribution < -0.4 is 16.0 Å². The standard InChI is InChI=1S/C43H54N8O6/c1-23(2)35(49-42(54)56-5)40(52)47-31-10-7-9-30(31)38-45-32-19-17-28-21-27(16-18-29(28)37(32)48-38)25-12-14-26(15-13-25)33-22-44-39(46-33)34-11-8-20-51(34)41(53)36(24(3)4)50-43(55)57-6/h12-16,18,21-24,30-31,34-36H,7-11,17,19-20H2,1-6H3,(H,44,46)(H,45,48)(H,47,52)(H,49,54)(H,50,55)/t30-,31+,34+,35+,36+/m1/s1. The van der Waals surface area contributed by atoms with Gasteiger partial charge in [-0.2, -0.15) is 0 Å². The monoisotopic (exact) mass is 778 g/mol. The van der Waals surface area contributed by atoms with E-state index in [0.29, 0.717) is 6.54 Å².